The van der Waals surface area contributed by atoms with Gasteiger partial charge in [-0.1, -0.05) is 13.0 Å². The predicted molar refractivity (Wildman–Crippen MR) is 100 cm³/mol. The summed E-state index contributed by atoms with van der Waals surface area (Å²) >= 11 is 0. The van der Waals surface area contributed by atoms with Crippen LogP contribution in [0.4, 0.5) is 0 Å². The molecule has 0 bridgehead atoms. The highest BCUT2D eigenvalue weighted by molar-refractivity contribution is 6.70. The summed E-state index contributed by atoms with van der Waals surface area (Å²) in [5.41, 5.74) is 3.04. The lowest BCUT2D eigenvalue weighted by atomic mass is 9.55. The Morgan fingerprint density at radius 2 is 1.92 bits per heavy atom. The first-order valence-electron chi connectivity index (χ1n) is 9.63. The van der Waals surface area contributed by atoms with E-state index >= 15 is 0 Å². The fourth-order valence-electron chi connectivity index (χ4n) is 5.75. The van der Waals surface area contributed by atoms with E-state index in [2.05, 4.69) is 44.8 Å². The Morgan fingerprint density at radius 1 is 1.12 bits per heavy atom. The van der Waals surface area contributed by atoms with Crippen molar-refractivity contribution in [3.05, 3.63) is 29.3 Å². The Bertz CT molecular complexity index is 675. The molecule has 0 aliphatic heterocycles. The number of carbonyl (C=O) groups excluding carboxylic acids is 1. The highest BCUT2D eigenvalue weighted by Gasteiger charge is 2.54. The minimum atomic E-state index is -1.55. The number of carbonyl (C=O) groups is 1. The van der Waals surface area contributed by atoms with Gasteiger partial charge in [-0.25, -0.2) is 0 Å². The second-order valence-electron chi connectivity index (χ2n) is 9.41. The van der Waals surface area contributed by atoms with E-state index in [0.29, 0.717) is 23.5 Å². The van der Waals surface area contributed by atoms with Gasteiger partial charge in [-0.3, -0.25) is 4.79 Å². The van der Waals surface area contributed by atoms with Crippen LogP contribution in [-0.4, -0.2) is 14.1 Å². The molecule has 3 heteroatoms. The van der Waals surface area contributed by atoms with Gasteiger partial charge in [0.1, 0.15) is 11.5 Å². The third-order valence-electron chi connectivity index (χ3n) is 6.83. The van der Waals surface area contributed by atoms with Crippen molar-refractivity contribution in [2.45, 2.75) is 71.0 Å². The molecule has 0 heterocycles. The smallest absolute Gasteiger partial charge is 0.242 e. The number of benzene rings is 1. The largest absolute Gasteiger partial charge is 0.544 e. The van der Waals surface area contributed by atoms with E-state index in [1.807, 2.05) is 0 Å². The second kappa shape index (κ2) is 5.45. The van der Waals surface area contributed by atoms with Gasteiger partial charge >= 0.3 is 0 Å². The highest BCUT2D eigenvalue weighted by Crippen LogP contribution is 2.59. The summed E-state index contributed by atoms with van der Waals surface area (Å²) in [5.74, 6) is 3.60. The van der Waals surface area contributed by atoms with Crippen LogP contribution in [0.5, 0.6) is 5.75 Å². The predicted octanol–water partition coefficient (Wildman–Crippen LogP) is 5.33. The Morgan fingerprint density at radius 3 is 2.67 bits per heavy atom. The van der Waals surface area contributed by atoms with Crippen molar-refractivity contribution in [3.63, 3.8) is 0 Å². The maximum absolute atomic E-state index is 12.4. The van der Waals surface area contributed by atoms with Crippen molar-refractivity contribution >= 4 is 14.1 Å². The number of fused-ring (bicyclic) bond motifs is 5. The molecule has 4 unspecified atom stereocenters. The molecule has 0 radical (unpaired) electrons. The molecule has 3 aliphatic carbocycles. The topological polar surface area (TPSA) is 26.3 Å². The monoisotopic (exact) mass is 342 g/mol. The van der Waals surface area contributed by atoms with Crippen molar-refractivity contribution in [3.8, 4) is 5.75 Å². The number of rotatable bonds is 2. The summed E-state index contributed by atoms with van der Waals surface area (Å²) < 4.78 is 6.20. The number of hydrogen-bond acceptors (Lipinski definition) is 2. The lowest BCUT2D eigenvalue weighted by molar-refractivity contribution is -0.129. The van der Waals surface area contributed by atoms with Crippen LogP contribution in [0, 0.1) is 17.3 Å². The third kappa shape index (κ3) is 2.56. The highest BCUT2D eigenvalue weighted by atomic mass is 28.4. The molecule has 2 nitrogen and oxygen atoms in total. The quantitative estimate of drug-likeness (QED) is 0.679. The fraction of sp³-hybridized carbons (Fsp3) is 0.667. The van der Waals surface area contributed by atoms with Crippen molar-refractivity contribution < 1.29 is 9.22 Å². The number of aryl methyl sites for hydroxylation is 1. The van der Waals surface area contributed by atoms with Gasteiger partial charge in [0.25, 0.3) is 0 Å². The van der Waals surface area contributed by atoms with Gasteiger partial charge in [0.05, 0.1) is 0 Å². The molecule has 2 saturated carbocycles. The molecule has 3 aliphatic rings. The summed E-state index contributed by atoms with van der Waals surface area (Å²) in [6.07, 6.45) is 6.62. The van der Waals surface area contributed by atoms with Crippen LogP contribution in [0.3, 0.4) is 0 Å². The molecular formula is C21H30O2Si. The summed E-state index contributed by atoms with van der Waals surface area (Å²) in [6, 6.07) is 6.82. The zero-order chi connectivity index (χ0) is 17.1. The standard InChI is InChI=1S/C21H30O2Si/c1-21-12-11-17-16-8-6-15(23-24(2,3)4)13-14(16)5-7-18(17)19(21)9-10-20(21)22/h6,8,13,17-19H,5,7,9-12H2,1-4H3. The number of hydrogen-bond donors (Lipinski definition) is 0. The van der Waals surface area contributed by atoms with Crippen LogP contribution in [0.1, 0.15) is 56.1 Å². The Labute approximate surface area is 147 Å². The zero-order valence-corrected chi connectivity index (χ0v) is 16.5. The zero-order valence-electron chi connectivity index (χ0n) is 15.5. The van der Waals surface area contributed by atoms with Gasteiger partial charge in [-0.05, 0) is 92.8 Å². The molecule has 0 saturated heterocycles. The first-order chi connectivity index (χ1) is 11.3. The summed E-state index contributed by atoms with van der Waals surface area (Å²) in [6.45, 7) is 8.97. The SMILES string of the molecule is CC12CCC3c4ccc(O[Si](C)(C)C)cc4CCC3C1CCC2=O. The van der Waals surface area contributed by atoms with E-state index < -0.39 is 8.32 Å². The van der Waals surface area contributed by atoms with Gasteiger partial charge in [0.15, 0.2) is 0 Å². The van der Waals surface area contributed by atoms with Crippen LogP contribution >= 0.6 is 0 Å². The Kier molecular flexibility index (Phi) is 3.72. The first kappa shape index (κ1) is 16.4. The van der Waals surface area contributed by atoms with Crippen molar-refractivity contribution in [2.24, 2.45) is 17.3 Å². The van der Waals surface area contributed by atoms with Crippen LogP contribution in [0.15, 0.2) is 18.2 Å². The van der Waals surface area contributed by atoms with E-state index in [1.165, 1.54) is 18.4 Å². The van der Waals surface area contributed by atoms with Gasteiger partial charge < -0.3 is 4.43 Å². The lowest BCUT2D eigenvalue weighted by Gasteiger charge is -2.48. The molecule has 4 rings (SSSR count). The van der Waals surface area contributed by atoms with Crippen molar-refractivity contribution in [1.29, 1.82) is 0 Å². The third-order valence-corrected chi connectivity index (χ3v) is 7.68. The number of ketones is 1. The lowest BCUT2D eigenvalue weighted by Crippen LogP contribution is -2.42. The molecule has 2 fully saturated rings. The van der Waals surface area contributed by atoms with E-state index in [9.17, 15) is 4.79 Å². The summed E-state index contributed by atoms with van der Waals surface area (Å²) in [4.78, 5) is 12.4. The minimum Gasteiger partial charge on any atom is -0.544 e. The Balaban J connectivity index is 1.62. The average molecular weight is 343 g/mol. The molecule has 0 aromatic heterocycles. The first-order valence-corrected chi connectivity index (χ1v) is 13.0. The second-order valence-corrected chi connectivity index (χ2v) is 13.8. The maximum atomic E-state index is 12.4. The molecule has 0 amide bonds. The van der Waals surface area contributed by atoms with E-state index in [4.69, 9.17) is 4.43 Å². The maximum Gasteiger partial charge on any atom is 0.242 e. The van der Waals surface area contributed by atoms with Gasteiger partial charge in [0.2, 0.25) is 8.32 Å². The Hall–Kier alpha value is -1.09. The van der Waals surface area contributed by atoms with Gasteiger partial charge in [0, 0.05) is 11.8 Å². The number of Topliss-reactive ketones (excluding diaryl/α,β-unsaturated/α-hetero) is 1. The molecule has 0 spiro atoms. The van der Waals surface area contributed by atoms with Crippen molar-refractivity contribution in [2.75, 3.05) is 0 Å². The molecule has 1 aromatic rings. The average Bonchev–Trinajstić information content (AvgIpc) is 2.81. The summed E-state index contributed by atoms with van der Waals surface area (Å²) in [5, 5.41) is 0. The van der Waals surface area contributed by atoms with Crippen LogP contribution < -0.4 is 4.43 Å². The fourth-order valence-corrected chi connectivity index (χ4v) is 6.58. The molecule has 24 heavy (non-hydrogen) atoms. The summed E-state index contributed by atoms with van der Waals surface area (Å²) in [7, 11) is -1.55. The van der Waals surface area contributed by atoms with E-state index in [0.717, 1.165) is 31.4 Å². The van der Waals surface area contributed by atoms with Crippen LogP contribution in [0.2, 0.25) is 19.6 Å². The molecule has 1 aromatic carbocycles. The van der Waals surface area contributed by atoms with Crippen molar-refractivity contribution in [1.82, 2.24) is 0 Å². The van der Waals surface area contributed by atoms with Gasteiger partial charge in [-0.2, -0.15) is 0 Å². The van der Waals surface area contributed by atoms with E-state index in [1.54, 1.807) is 5.56 Å². The molecule has 130 valence electrons. The van der Waals surface area contributed by atoms with E-state index in [-0.39, 0.29) is 5.41 Å². The minimum absolute atomic E-state index is 0.0143. The molecule has 0 N–H and O–H groups in total. The van der Waals surface area contributed by atoms with Crippen LogP contribution in [0.25, 0.3) is 0 Å². The molecular weight excluding hydrogens is 312 g/mol. The normalized spacial score (nSPS) is 35.2. The van der Waals surface area contributed by atoms with Crippen LogP contribution in [-0.2, 0) is 11.2 Å². The van der Waals surface area contributed by atoms with Gasteiger partial charge in [-0.15, -0.1) is 0 Å². The molecule has 4 atom stereocenters.